The molecule has 2 amide bonds. The first-order chi connectivity index (χ1) is 37.1. The van der Waals surface area contributed by atoms with Gasteiger partial charge in [0, 0.05) is 42.5 Å². The first kappa shape index (κ1) is 57.7. The van der Waals surface area contributed by atoms with E-state index in [1.54, 1.807) is 20.8 Å². The lowest BCUT2D eigenvalue weighted by atomic mass is 9.92. The molecule has 0 heterocycles. The molecule has 14 heteroatoms. The average Bonchev–Trinajstić information content (AvgIpc) is 3.85. The summed E-state index contributed by atoms with van der Waals surface area (Å²) in [5.41, 5.74) is 11.8. The molecule has 2 atom stereocenters. The van der Waals surface area contributed by atoms with Crippen molar-refractivity contribution in [1.82, 2.24) is 15.7 Å². The van der Waals surface area contributed by atoms with Crippen molar-refractivity contribution in [3.05, 3.63) is 132 Å². The lowest BCUT2D eigenvalue weighted by molar-refractivity contribution is -0.147. The Bertz CT molecular complexity index is 2960. The van der Waals surface area contributed by atoms with Crippen molar-refractivity contribution in [1.29, 1.82) is 0 Å². The van der Waals surface area contributed by atoms with Crippen molar-refractivity contribution < 1.29 is 38.1 Å². The third-order valence-corrected chi connectivity index (χ3v) is 14.3. The zero-order chi connectivity index (χ0) is 54.9. The highest BCUT2D eigenvalue weighted by molar-refractivity contribution is 7.54. The molecule has 0 saturated carbocycles. The van der Waals surface area contributed by atoms with Crippen LogP contribution in [0.1, 0.15) is 109 Å². The van der Waals surface area contributed by atoms with Crippen LogP contribution in [0.4, 0.5) is 4.79 Å². The van der Waals surface area contributed by atoms with Crippen molar-refractivity contribution in [2.75, 3.05) is 46.2 Å². The van der Waals surface area contributed by atoms with E-state index in [1.165, 1.54) is 0 Å². The maximum atomic E-state index is 14.5. The number of benzene rings is 6. The second-order valence-corrected chi connectivity index (χ2v) is 23.5. The molecule has 6 aromatic carbocycles. The number of guanidine groups is 1. The Kier molecular flexibility index (Phi) is 20.9. The minimum Gasteiger partial charge on any atom is -0.493 e. The number of hydrogen-bond donors (Lipinski definition) is 4. The zero-order valence-electron chi connectivity index (χ0n) is 46.0. The van der Waals surface area contributed by atoms with Crippen LogP contribution in [0.15, 0.2) is 126 Å². The molecule has 408 valence electrons. The van der Waals surface area contributed by atoms with Gasteiger partial charge in [-0.3, -0.25) is 19.4 Å². The summed E-state index contributed by atoms with van der Waals surface area (Å²) in [6, 6.07) is 40.1. The van der Waals surface area contributed by atoms with E-state index in [9.17, 15) is 19.2 Å². The molecule has 7 rings (SSSR count). The van der Waals surface area contributed by atoms with Crippen molar-refractivity contribution in [3.63, 3.8) is 0 Å². The molecule has 5 N–H and O–H groups in total. The number of aliphatic imine (C=N–C) groups is 1. The molecule has 1 aliphatic rings. The van der Waals surface area contributed by atoms with E-state index >= 15 is 0 Å². The number of unbranched alkanes of at least 4 members (excludes halogenated alkanes) is 1. The number of ether oxygens (including phenoxy) is 4. The Labute approximate surface area is 456 Å². The van der Waals surface area contributed by atoms with Crippen LogP contribution in [0, 0.1) is 11.8 Å². The molecule has 6 aromatic rings. The summed E-state index contributed by atoms with van der Waals surface area (Å²) in [6.45, 7) is 15.4. The van der Waals surface area contributed by atoms with Crippen LogP contribution in [0.3, 0.4) is 0 Å². The number of fused-ring (bicyclic) bond motifs is 5. The van der Waals surface area contributed by atoms with Crippen LogP contribution in [0.5, 0.6) is 11.5 Å². The smallest absolute Gasteiger partial charge is 0.407 e. The van der Waals surface area contributed by atoms with Gasteiger partial charge in [0.15, 0.2) is 11.7 Å². The van der Waals surface area contributed by atoms with Gasteiger partial charge in [0.1, 0.15) is 23.7 Å². The van der Waals surface area contributed by atoms with Gasteiger partial charge in [0.2, 0.25) is 5.91 Å². The summed E-state index contributed by atoms with van der Waals surface area (Å²) < 4.78 is 24.7. The minimum absolute atomic E-state index is 0.122. The summed E-state index contributed by atoms with van der Waals surface area (Å²) in [5, 5.41) is 13.2. The Hall–Kier alpha value is -6.98. The van der Waals surface area contributed by atoms with Crippen molar-refractivity contribution in [2.24, 2.45) is 22.6 Å². The number of nitrogens with two attached hydrogens (primary N) is 1. The maximum Gasteiger partial charge on any atom is 0.407 e. The molecule has 0 radical (unpaired) electrons. The molecule has 0 spiro atoms. The number of ketones is 1. The van der Waals surface area contributed by atoms with Crippen LogP contribution >= 0.6 is 8.07 Å². The van der Waals surface area contributed by atoms with E-state index in [1.807, 2.05) is 74.0 Å². The van der Waals surface area contributed by atoms with E-state index < -0.39 is 43.6 Å². The topological polar surface area (TPSA) is 180 Å². The first-order valence-corrected chi connectivity index (χ1v) is 29.5. The number of hydrogen-bond acceptors (Lipinski definition) is 9. The SMILES string of the molecule is CC(C)CCOc1ccc2ccccc2c1-c1c(OCCCC(=O)[C@@H](CCCCNC(=O)OC(C)(C)C)NC(=O)[C@@H](CCCN=C(N)NP(C)C)CC(=O)OCC2c3ccccc3-c3ccccc32)ccc2ccccc12. The van der Waals surface area contributed by atoms with Crippen LogP contribution < -0.4 is 30.9 Å². The number of esters is 1. The van der Waals surface area contributed by atoms with Crippen LogP contribution in [0.2, 0.25) is 0 Å². The van der Waals surface area contributed by atoms with Gasteiger partial charge in [0.05, 0.1) is 25.7 Å². The first-order valence-electron chi connectivity index (χ1n) is 27.2. The molecule has 0 saturated heterocycles. The van der Waals surface area contributed by atoms with E-state index in [-0.39, 0.29) is 37.8 Å². The van der Waals surface area contributed by atoms with Crippen molar-refractivity contribution in [3.8, 4) is 33.8 Å². The van der Waals surface area contributed by atoms with Crippen LogP contribution in [0.25, 0.3) is 43.8 Å². The van der Waals surface area contributed by atoms with E-state index in [2.05, 4.69) is 95.2 Å². The van der Waals surface area contributed by atoms with Crippen molar-refractivity contribution in [2.45, 2.75) is 110 Å². The van der Waals surface area contributed by atoms with Gasteiger partial charge in [-0.15, -0.1) is 0 Å². The molecule has 0 bridgehead atoms. The third-order valence-electron chi connectivity index (χ3n) is 13.6. The van der Waals surface area contributed by atoms with Gasteiger partial charge in [0.25, 0.3) is 0 Å². The lowest BCUT2D eigenvalue weighted by Crippen LogP contribution is -2.44. The summed E-state index contributed by atoms with van der Waals surface area (Å²) in [5.74, 6) is 0.234. The number of nitrogens with one attached hydrogen (secondary N) is 3. The van der Waals surface area contributed by atoms with Gasteiger partial charge in [-0.05, 0) is 149 Å². The number of rotatable bonds is 27. The maximum absolute atomic E-state index is 14.5. The predicted molar refractivity (Wildman–Crippen MR) is 312 cm³/mol. The highest BCUT2D eigenvalue weighted by Crippen LogP contribution is 2.47. The highest BCUT2D eigenvalue weighted by Gasteiger charge is 2.32. The molecular formula is C63H78N5O8P. The molecule has 0 aliphatic heterocycles. The molecule has 13 nitrogen and oxygen atoms in total. The van der Waals surface area contributed by atoms with Crippen LogP contribution in [-0.2, 0) is 23.9 Å². The van der Waals surface area contributed by atoms with Crippen molar-refractivity contribution >= 4 is 59.3 Å². The number of alkyl carbamates (subject to hydrolysis) is 1. The van der Waals surface area contributed by atoms with E-state index in [0.717, 1.165) is 67.1 Å². The second kappa shape index (κ2) is 27.9. The lowest BCUT2D eigenvalue weighted by Gasteiger charge is -2.23. The molecule has 1 aliphatic carbocycles. The molecule has 0 fully saturated rings. The molecule has 0 aromatic heterocycles. The van der Waals surface area contributed by atoms with Gasteiger partial charge in [-0.25, -0.2) is 4.79 Å². The number of Topliss-reactive ketones (excluding diaryl/α,β-unsaturated/α-hetero) is 1. The zero-order valence-corrected chi connectivity index (χ0v) is 46.9. The molecule has 0 unspecified atom stereocenters. The molecular weight excluding hydrogens is 986 g/mol. The fraction of sp³-hybridized carbons (Fsp3) is 0.413. The average molecular weight is 1060 g/mol. The number of nitrogens with zero attached hydrogens (tertiary/aromatic N) is 1. The minimum atomic E-state index is -0.863. The Morgan fingerprint density at radius 1 is 0.688 bits per heavy atom. The Morgan fingerprint density at radius 2 is 1.27 bits per heavy atom. The van der Waals surface area contributed by atoms with E-state index in [4.69, 9.17) is 24.7 Å². The normalized spacial score (nSPS) is 13.2. The third kappa shape index (κ3) is 16.5. The van der Waals surface area contributed by atoms with Gasteiger partial charge in [-0.1, -0.05) is 123 Å². The molecule has 77 heavy (non-hydrogen) atoms. The van der Waals surface area contributed by atoms with Crippen LogP contribution in [-0.4, -0.2) is 87.6 Å². The summed E-state index contributed by atoms with van der Waals surface area (Å²) in [4.78, 5) is 59.7. The number of carbonyl (C=O) groups excluding carboxylic acids is 4. The Balaban J connectivity index is 1.07. The largest absolute Gasteiger partial charge is 0.493 e. The fourth-order valence-electron chi connectivity index (χ4n) is 9.85. The standard InChI is InChI=1S/C63H78N5O8P/c1-42(2)35-39-74-56-34-32-44-21-9-11-24-47(44)59(56)58-46-23-10-8-20-43(46)31-33-55(58)73-38-19-30-54(69)53(29-16-17-36-66-62(72)76-63(3,4)5)67-60(71)45(22-18-37-65-61(64)68-77(6)7)40-57(70)75-41-52-50-27-14-12-25-48(50)49-26-13-15-28-51(49)52/h8-15,20-21,23-28,31-34,42,45,52-53H,16-19,22,29-30,35-41H2,1-7H3,(H,66,72)(H,67,71)(H3,64,65,68)/t45-,53+/m0/s1. The summed E-state index contributed by atoms with van der Waals surface area (Å²) in [6.07, 6.45) is 2.85. The second-order valence-electron chi connectivity index (χ2n) is 21.5. The summed E-state index contributed by atoms with van der Waals surface area (Å²) in [7, 11) is -0.519. The predicted octanol–water partition coefficient (Wildman–Crippen LogP) is 12.7. The fourth-order valence-corrected chi connectivity index (χ4v) is 10.4. The quantitative estimate of drug-likeness (QED) is 0.0127. The Morgan fingerprint density at radius 3 is 1.87 bits per heavy atom. The summed E-state index contributed by atoms with van der Waals surface area (Å²) >= 11 is 0. The van der Waals surface area contributed by atoms with Gasteiger partial charge < -0.3 is 40.4 Å². The monoisotopic (exact) mass is 1060 g/mol. The van der Waals surface area contributed by atoms with Gasteiger partial charge >= 0.3 is 12.1 Å². The number of carbonyl (C=O) groups is 4. The number of amides is 2. The van der Waals surface area contributed by atoms with Gasteiger partial charge in [-0.2, -0.15) is 0 Å². The highest BCUT2D eigenvalue weighted by atomic mass is 31.1. The van der Waals surface area contributed by atoms with E-state index in [0.29, 0.717) is 75.8 Å².